The topological polar surface area (TPSA) is 54.3 Å². The van der Waals surface area contributed by atoms with Crippen LogP contribution in [-0.4, -0.2) is 22.2 Å². The monoisotopic (exact) mass is 264 g/mol. The van der Waals surface area contributed by atoms with Crippen LogP contribution in [0.2, 0.25) is 5.02 Å². The van der Waals surface area contributed by atoms with Gasteiger partial charge in [0.2, 0.25) is 0 Å². The van der Waals surface area contributed by atoms with Crippen molar-refractivity contribution in [3.05, 3.63) is 34.0 Å². The zero-order valence-electron chi connectivity index (χ0n) is 9.96. The molecular formula is C13H13ClN2O2. The third-order valence-electron chi connectivity index (χ3n) is 3.54. The fraction of sp³-hybridized carbons (Fsp3) is 0.308. The van der Waals surface area contributed by atoms with Gasteiger partial charge in [-0.3, -0.25) is 0 Å². The Morgan fingerprint density at radius 1 is 1.50 bits per heavy atom. The van der Waals surface area contributed by atoms with Gasteiger partial charge in [0.15, 0.2) is 0 Å². The lowest BCUT2D eigenvalue weighted by atomic mass is 10.1. The number of aromatic nitrogens is 1. The molecule has 0 saturated carbocycles. The van der Waals surface area contributed by atoms with Gasteiger partial charge in [-0.2, -0.15) is 0 Å². The van der Waals surface area contributed by atoms with Gasteiger partial charge in [0, 0.05) is 35.7 Å². The molecule has 5 heteroatoms. The zero-order chi connectivity index (χ0) is 12.9. The summed E-state index contributed by atoms with van der Waals surface area (Å²) in [6.45, 7) is 4.15. The van der Waals surface area contributed by atoms with Crippen molar-refractivity contribution >= 4 is 28.5 Å². The molecule has 1 aliphatic rings. The molecule has 0 unspecified atom stereocenters. The number of aryl methyl sites for hydroxylation is 1. The van der Waals surface area contributed by atoms with Gasteiger partial charge in [-0.1, -0.05) is 17.7 Å². The van der Waals surface area contributed by atoms with Crippen LogP contribution < -0.4 is 5.32 Å². The molecule has 2 aromatic rings. The van der Waals surface area contributed by atoms with E-state index in [4.69, 9.17) is 11.6 Å². The summed E-state index contributed by atoms with van der Waals surface area (Å²) in [7, 11) is 0. The van der Waals surface area contributed by atoms with Crippen molar-refractivity contribution < 1.29 is 9.90 Å². The van der Waals surface area contributed by atoms with Gasteiger partial charge in [0.1, 0.15) is 0 Å². The second-order valence-corrected chi connectivity index (χ2v) is 4.93. The van der Waals surface area contributed by atoms with Crippen LogP contribution in [0.25, 0.3) is 10.9 Å². The average Bonchev–Trinajstić information content (AvgIpc) is 2.68. The van der Waals surface area contributed by atoms with E-state index in [0.29, 0.717) is 17.1 Å². The van der Waals surface area contributed by atoms with Crippen molar-refractivity contribution in [3.63, 3.8) is 0 Å². The molecule has 1 aromatic carbocycles. The number of rotatable bonds is 1. The quantitative estimate of drug-likeness (QED) is 0.832. The van der Waals surface area contributed by atoms with Crippen LogP contribution in [0.5, 0.6) is 0 Å². The highest BCUT2D eigenvalue weighted by molar-refractivity contribution is 6.32. The number of benzene rings is 1. The van der Waals surface area contributed by atoms with Gasteiger partial charge in [-0.15, -0.1) is 0 Å². The third-order valence-corrected chi connectivity index (χ3v) is 3.95. The Morgan fingerprint density at radius 3 is 3.00 bits per heavy atom. The summed E-state index contributed by atoms with van der Waals surface area (Å²) in [6, 6.07) is 3.57. The molecule has 18 heavy (non-hydrogen) atoms. The summed E-state index contributed by atoms with van der Waals surface area (Å²) >= 11 is 6.14. The summed E-state index contributed by atoms with van der Waals surface area (Å²) in [5, 5.41) is 14.1. The van der Waals surface area contributed by atoms with Crippen molar-refractivity contribution in [1.29, 1.82) is 0 Å². The van der Waals surface area contributed by atoms with Crippen LogP contribution >= 0.6 is 11.6 Å². The lowest BCUT2D eigenvalue weighted by Gasteiger charge is -2.18. The fourth-order valence-electron chi connectivity index (χ4n) is 2.72. The van der Waals surface area contributed by atoms with Gasteiger partial charge in [-0.25, -0.2) is 4.79 Å². The Hall–Kier alpha value is -1.52. The summed E-state index contributed by atoms with van der Waals surface area (Å²) in [6.07, 6.45) is 0. The van der Waals surface area contributed by atoms with Gasteiger partial charge in [-0.05, 0) is 18.6 Å². The van der Waals surface area contributed by atoms with Crippen molar-refractivity contribution in [2.45, 2.75) is 20.0 Å². The maximum atomic E-state index is 11.5. The average molecular weight is 265 g/mol. The van der Waals surface area contributed by atoms with E-state index in [2.05, 4.69) is 9.88 Å². The second-order valence-electron chi connectivity index (χ2n) is 4.52. The molecule has 0 atom stereocenters. The first-order valence-corrected chi connectivity index (χ1v) is 6.23. The molecule has 3 rings (SSSR count). The van der Waals surface area contributed by atoms with E-state index in [1.54, 1.807) is 12.1 Å². The van der Waals surface area contributed by atoms with Crippen LogP contribution in [0, 0.1) is 6.92 Å². The van der Waals surface area contributed by atoms with E-state index in [-0.39, 0.29) is 0 Å². The second kappa shape index (κ2) is 4.00. The Balaban J connectivity index is 2.47. The Kier molecular flexibility index (Phi) is 2.57. The highest BCUT2D eigenvalue weighted by Gasteiger charge is 2.25. The Bertz CT molecular complexity index is 661. The minimum absolute atomic E-state index is 0.400. The number of nitrogens with zero attached hydrogens (tertiary/aromatic N) is 1. The standard InChI is InChI=1S/C13H13ClN2O2/c1-7-9(14)3-2-8-11(13(17)18)10-6-15-4-5-16(10)12(7)8/h2-3,15H,4-6H2,1H3,(H,17,18). The molecule has 0 aliphatic carbocycles. The molecule has 0 saturated heterocycles. The molecule has 1 aromatic heterocycles. The van der Waals surface area contributed by atoms with Crippen LogP contribution in [0.15, 0.2) is 12.1 Å². The van der Waals surface area contributed by atoms with Crippen molar-refractivity contribution in [2.75, 3.05) is 6.54 Å². The van der Waals surface area contributed by atoms with Crippen LogP contribution in [0.3, 0.4) is 0 Å². The Labute approximate surface area is 109 Å². The smallest absolute Gasteiger partial charge is 0.338 e. The maximum absolute atomic E-state index is 11.5. The molecule has 0 radical (unpaired) electrons. The molecule has 0 fully saturated rings. The van der Waals surface area contributed by atoms with Crippen molar-refractivity contribution in [3.8, 4) is 0 Å². The predicted molar refractivity (Wildman–Crippen MR) is 70.4 cm³/mol. The zero-order valence-corrected chi connectivity index (χ0v) is 10.7. The SMILES string of the molecule is Cc1c(Cl)ccc2c(C(=O)O)c3n(c12)CCNC3. The van der Waals surface area contributed by atoms with Crippen LogP contribution in [0.1, 0.15) is 21.6 Å². The van der Waals surface area contributed by atoms with E-state index in [1.807, 2.05) is 6.92 Å². The minimum atomic E-state index is -0.876. The summed E-state index contributed by atoms with van der Waals surface area (Å²) < 4.78 is 2.08. The first kappa shape index (κ1) is 11.6. The number of carbonyl (C=O) groups is 1. The molecule has 0 bridgehead atoms. The van der Waals surface area contributed by atoms with Crippen molar-refractivity contribution in [1.82, 2.24) is 9.88 Å². The van der Waals surface area contributed by atoms with Gasteiger partial charge >= 0.3 is 5.97 Å². The number of halogens is 1. The van der Waals surface area contributed by atoms with Crippen LogP contribution in [0.4, 0.5) is 0 Å². The van der Waals surface area contributed by atoms with Gasteiger partial charge in [0.25, 0.3) is 0 Å². The predicted octanol–water partition coefficient (Wildman–Crippen LogP) is 2.40. The van der Waals surface area contributed by atoms with Crippen LogP contribution in [-0.2, 0) is 13.1 Å². The largest absolute Gasteiger partial charge is 0.478 e. The fourth-order valence-corrected chi connectivity index (χ4v) is 2.87. The molecule has 2 N–H and O–H groups in total. The van der Waals surface area contributed by atoms with E-state index in [0.717, 1.165) is 35.2 Å². The van der Waals surface area contributed by atoms with E-state index < -0.39 is 5.97 Å². The molecule has 0 spiro atoms. The molecule has 0 amide bonds. The number of fused-ring (bicyclic) bond motifs is 3. The van der Waals surface area contributed by atoms with E-state index in [9.17, 15) is 9.90 Å². The number of hydrogen-bond acceptors (Lipinski definition) is 2. The van der Waals surface area contributed by atoms with Gasteiger partial charge in [0.05, 0.1) is 11.1 Å². The first-order valence-electron chi connectivity index (χ1n) is 5.85. The normalized spacial score (nSPS) is 14.8. The van der Waals surface area contributed by atoms with Gasteiger partial charge < -0.3 is 15.0 Å². The molecular weight excluding hydrogens is 252 g/mol. The number of hydrogen-bond donors (Lipinski definition) is 2. The first-order chi connectivity index (χ1) is 8.61. The number of carboxylic acids is 1. The lowest BCUT2D eigenvalue weighted by molar-refractivity contribution is 0.0697. The molecule has 2 heterocycles. The molecule has 1 aliphatic heterocycles. The minimum Gasteiger partial charge on any atom is -0.478 e. The number of aromatic carboxylic acids is 1. The molecule has 4 nitrogen and oxygen atoms in total. The number of nitrogens with one attached hydrogen (secondary N) is 1. The third kappa shape index (κ3) is 1.46. The highest BCUT2D eigenvalue weighted by atomic mass is 35.5. The maximum Gasteiger partial charge on any atom is 0.338 e. The van der Waals surface area contributed by atoms with Crippen molar-refractivity contribution in [2.24, 2.45) is 0 Å². The highest BCUT2D eigenvalue weighted by Crippen LogP contribution is 2.33. The lowest BCUT2D eigenvalue weighted by Crippen LogP contribution is -2.28. The summed E-state index contributed by atoms with van der Waals surface area (Å²) in [5.74, 6) is -0.876. The Morgan fingerprint density at radius 2 is 2.28 bits per heavy atom. The summed E-state index contributed by atoms with van der Waals surface area (Å²) in [4.78, 5) is 11.5. The molecule has 94 valence electrons. The number of carboxylic acid groups (broad SMARTS) is 1. The van der Waals surface area contributed by atoms with E-state index in [1.165, 1.54) is 0 Å². The van der Waals surface area contributed by atoms with E-state index >= 15 is 0 Å². The summed E-state index contributed by atoms with van der Waals surface area (Å²) in [5.41, 5.74) is 3.15.